The number of aliphatic hydroxyl groups excluding tert-OH is 3. The average Bonchev–Trinajstić information content (AvgIpc) is 2.82. The van der Waals surface area contributed by atoms with Crippen molar-refractivity contribution in [3.05, 3.63) is 35.4 Å². The van der Waals surface area contributed by atoms with E-state index in [4.69, 9.17) is 14.2 Å². The highest BCUT2D eigenvalue weighted by Crippen LogP contribution is 2.57. The minimum Gasteiger partial charge on any atom is -0.504 e. The van der Waals surface area contributed by atoms with E-state index in [1.165, 1.54) is 24.3 Å². The van der Waals surface area contributed by atoms with Gasteiger partial charge in [0.05, 0.1) is 18.3 Å². The Balaban J connectivity index is 1.39. The van der Waals surface area contributed by atoms with E-state index in [0.29, 0.717) is 35.1 Å². The van der Waals surface area contributed by atoms with E-state index in [2.05, 4.69) is 0 Å². The zero-order valence-corrected chi connectivity index (χ0v) is 18.0. The van der Waals surface area contributed by atoms with Crippen LogP contribution < -0.4 is 0 Å². The number of phenols is 4. The van der Waals surface area contributed by atoms with Crippen molar-refractivity contribution in [2.45, 2.75) is 61.7 Å². The lowest BCUT2D eigenvalue weighted by Crippen LogP contribution is -2.63. The van der Waals surface area contributed by atoms with Gasteiger partial charge in [0, 0.05) is 18.4 Å². The van der Waals surface area contributed by atoms with Crippen molar-refractivity contribution in [2.75, 3.05) is 6.61 Å². The number of benzene rings is 2. The van der Waals surface area contributed by atoms with Gasteiger partial charge in [-0.25, -0.2) is 0 Å². The highest BCUT2D eigenvalue weighted by atomic mass is 16.7. The van der Waals surface area contributed by atoms with Gasteiger partial charge in [-0.15, -0.1) is 0 Å². The summed E-state index contributed by atoms with van der Waals surface area (Å²) in [6.07, 6.45) is -5.07. The lowest BCUT2D eigenvalue weighted by molar-refractivity contribution is -0.359. The summed E-state index contributed by atoms with van der Waals surface area (Å²) in [7, 11) is 0. The lowest BCUT2D eigenvalue weighted by atomic mass is 9.72. The molecule has 3 fully saturated rings. The molecule has 0 amide bonds. The van der Waals surface area contributed by atoms with E-state index in [1.807, 2.05) is 0 Å². The molecule has 0 radical (unpaired) electrons. The third-order valence-corrected chi connectivity index (χ3v) is 7.67. The van der Waals surface area contributed by atoms with Gasteiger partial charge in [-0.1, -0.05) is 0 Å². The van der Waals surface area contributed by atoms with Crippen LogP contribution in [0.5, 0.6) is 23.0 Å². The molecule has 10 nitrogen and oxygen atoms in total. The van der Waals surface area contributed by atoms with E-state index < -0.39 is 48.8 Å². The molecule has 1 saturated carbocycles. The Morgan fingerprint density at radius 1 is 0.706 bits per heavy atom. The van der Waals surface area contributed by atoms with Crippen LogP contribution in [0, 0.1) is 5.92 Å². The molecule has 9 unspecified atom stereocenters. The van der Waals surface area contributed by atoms with Crippen molar-refractivity contribution < 1.29 is 50.0 Å². The summed E-state index contributed by atoms with van der Waals surface area (Å²) in [4.78, 5) is 0. The molecule has 2 saturated heterocycles. The molecule has 9 atom stereocenters. The van der Waals surface area contributed by atoms with E-state index in [0.717, 1.165) is 0 Å². The van der Waals surface area contributed by atoms with Crippen molar-refractivity contribution in [1.29, 1.82) is 0 Å². The van der Waals surface area contributed by atoms with E-state index in [1.54, 1.807) is 0 Å². The topological polar surface area (TPSA) is 169 Å². The first-order chi connectivity index (χ1) is 16.3. The second kappa shape index (κ2) is 7.70. The number of hydrogen-bond donors (Lipinski definition) is 7. The third-order valence-electron chi connectivity index (χ3n) is 7.67. The minimum absolute atomic E-state index is 0.288. The van der Waals surface area contributed by atoms with Crippen LogP contribution in [0.3, 0.4) is 0 Å². The van der Waals surface area contributed by atoms with Gasteiger partial charge in [0.2, 0.25) is 0 Å². The molecule has 0 bridgehead atoms. The second-order valence-electron chi connectivity index (χ2n) is 9.60. The molecule has 2 heterocycles. The van der Waals surface area contributed by atoms with Crippen molar-refractivity contribution in [3.63, 3.8) is 0 Å². The molecule has 2 aliphatic heterocycles. The number of ether oxygens (including phenoxy) is 3. The Labute approximate surface area is 194 Å². The maximum Gasteiger partial charge on any atom is 0.185 e. The Hall–Kier alpha value is -2.60. The largest absolute Gasteiger partial charge is 0.504 e. The van der Waals surface area contributed by atoms with Crippen LogP contribution >= 0.6 is 0 Å². The molecule has 6 rings (SSSR count). The third kappa shape index (κ3) is 3.10. The summed E-state index contributed by atoms with van der Waals surface area (Å²) in [5.41, 5.74) is 2.39. The van der Waals surface area contributed by atoms with Gasteiger partial charge >= 0.3 is 0 Å². The Morgan fingerprint density at radius 3 is 2.00 bits per heavy atom. The van der Waals surface area contributed by atoms with Crippen LogP contribution in [0.25, 0.3) is 11.1 Å². The van der Waals surface area contributed by atoms with Crippen LogP contribution in [0.15, 0.2) is 24.3 Å². The van der Waals surface area contributed by atoms with Crippen molar-refractivity contribution >= 4 is 0 Å². The Bertz CT molecular complexity index is 1140. The second-order valence-corrected chi connectivity index (χ2v) is 9.60. The number of hydrogen-bond acceptors (Lipinski definition) is 10. The monoisotopic (exact) mass is 474 g/mol. The molecule has 7 N–H and O–H groups in total. The first-order valence-corrected chi connectivity index (χ1v) is 11.3. The first-order valence-electron chi connectivity index (χ1n) is 11.3. The van der Waals surface area contributed by atoms with Gasteiger partial charge in [0.1, 0.15) is 18.3 Å². The number of aromatic hydroxyl groups is 4. The molecule has 182 valence electrons. The Morgan fingerprint density at radius 2 is 1.32 bits per heavy atom. The van der Waals surface area contributed by atoms with Crippen molar-refractivity contribution in [1.82, 2.24) is 0 Å². The molecule has 0 aromatic heterocycles. The number of aliphatic hydroxyl groups is 3. The van der Waals surface area contributed by atoms with Gasteiger partial charge < -0.3 is 50.0 Å². The van der Waals surface area contributed by atoms with E-state index in [-0.39, 0.29) is 35.5 Å². The molecule has 2 aromatic rings. The molecule has 0 spiro atoms. The van der Waals surface area contributed by atoms with Gasteiger partial charge in [-0.2, -0.15) is 0 Å². The molecule has 2 aromatic carbocycles. The van der Waals surface area contributed by atoms with Crippen molar-refractivity contribution in [3.8, 4) is 34.1 Å². The molecule has 10 heteroatoms. The summed E-state index contributed by atoms with van der Waals surface area (Å²) in [6, 6.07) is 5.68. The highest BCUT2D eigenvalue weighted by Gasteiger charge is 2.54. The molecular formula is C24H26O10. The maximum absolute atomic E-state index is 10.6. The van der Waals surface area contributed by atoms with Gasteiger partial charge in [0.25, 0.3) is 0 Å². The number of fused-ring (bicyclic) bond motifs is 8. The number of phenolic OH excluding ortho intramolecular Hbond substituents is 4. The van der Waals surface area contributed by atoms with Crippen LogP contribution in [-0.4, -0.2) is 79.2 Å². The summed E-state index contributed by atoms with van der Waals surface area (Å²) in [5.74, 6) is -2.12. The lowest BCUT2D eigenvalue weighted by Gasteiger charge is -2.53. The average molecular weight is 474 g/mol. The van der Waals surface area contributed by atoms with Crippen LogP contribution in [0.4, 0.5) is 0 Å². The summed E-state index contributed by atoms with van der Waals surface area (Å²) < 4.78 is 18.6. The predicted octanol–water partition coefficient (Wildman–Crippen LogP) is 0.947. The molecular weight excluding hydrogens is 448 g/mol. The zero-order chi connectivity index (χ0) is 23.9. The van der Waals surface area contributed by atoms with E-state index >= 15 is 0 Å². The molecule has 34 heavy (non-hydrogen) atoms. The summed E-state index contributed by atoms with van der Waals surface area (Å²) in [5, 5.41) is 71.1. The highest BCUT2D eigenvalue weighted by molar-refractivity contribution is 5.79. The standard InChI is InChI=1S/C24H26O10/c25-7-8-1-18-23(21(31)20(8)30)34-24-19(32-18)6-13-11-4-15(27)14(26)2-9(11)10-3-16(28)17(29)5-12(10)22(13)33-24/h2-5,8,13,18-31H,1,6-7H2. The Kier molecular flexibility index (Phi) is 4.96. The summed E-state index contributed by atoms with van der Waals surface area (Å²) >= 11 is 0. The normalized spacial score (nSPS) is 38.1. The smallest absolute Gasteiger partial charge is 0.185 e. The van der Waals surface area contributed by atoms with Gasteiger partial charge in [-0.05, 0) is 59.4 Å². The van der Waals surface area contributed by atoms with Crippen LogP contribution in [0.2, 0.25) is 0 Å². The maximum atomic E-state index is 10.6. The van der Waals surface area contributed by atoms with Crippen LogP contribution in [-0.2, 0) is 14.2 Å². The fourth-order valence-electron chi connectivity index (χ4n) is 5.95. The van der Waals surface area contributed by atoms with Gasteiger partial charge in [0.15, 0.2) is 29.3 Å². The minimum atomic E-state index is -1.25. The van der Waals surface area contributed by atoms with Gasteiger partial charge in [-0.3, -0.25) is 0 Å². The fourth-order valence-corrected chi connectivity index (χ4v) is 5.95. The zero-order valence-electron chi connectivity index (χ0n) is 18.0. The first kappa shape index (κ1) is 21.9. The summed E-state index contributed by atoms with van der Waals surface area (Å²) in [6.45, 7) is -0.288. The van der Waals surface area contributed by atoms with E-state index in [9.17, 15) is 35.7 Å². The predicted molar refractivity (Wildman–Crippen MR) is 114 cm³/mol. The molecule has 4 aliphatic rings. The number of rotatable bonds is 1. The van der Waals surface area contributed by atoms with Crippen LogP contribution in [0.1, 0.15) is 36.0 Å². The van der Waals surface area contributed by atoms with Crippen molar-refractivity contribution in [2.24, 2.45) is 5.92 Å². The fraction of sp³-hybridized carbons (Fsp3) is 0.500. The quantitative estimate of drug-likeness (QED) is 0.295. The molecule has 2 aliphatic carbocycles. The SMILES string of the molecule is OCC1CC2OC3CC4c5cc(O)c(O)cc5-c5cc(O)c(O)cc5C4OC3OC2C(O)C1O.